The van der Waals surface area contributed by atoms with Gasteiger partial charge < -0.3 is 10.6 Å². The molecule has 0 heterocycles. The van der Waals surface area contributed by atoms with Crippen molar-refractivity contribution in [2.75, 3.05) is 25.9 Å². The van der Waals surface area contributed by atoms with Crippen LogP contribution in [-0.2, 0) is 10.0 Å². The smallest absolute Gasteiger partial charge is 0.208 e. The molecule has 0 aromatic carbocycles. The average molecular weight is 304 g/mol. The highest BCUT2D eigenvalue weighted by atomic mass is 32.2. The highest BCUT2D eigenvalue weighted by Crippen LogP contribution is 2.17. The summed E-state index contributed by atoms with van der Waals surface area (Å²) in [6, 6.07) is 0.524. The van der Waals surface area contributed by atoms with Crippen molar-refractivity contribution in [2.24, 2.45) is 4.99 Å². The molecule has 0 spiro atoms. The van der Waals surface area contributed by atoms with Gasteiger partial charge in [0.25, 0.3) is 0 Å². The van der Waals surface area contributed by atoms with E-state index in [1.807, 2.05) is 6.92 Å². The fourth-order valence-electron chi connectivity index (χ4n) is 2.29. The van der Waals surface area contributed by atoms with E-state index in [9.17, 15) is 8.42 Å². The van der Waals surface area contributed by atoms with E-state index in [-0.39, 0.29) is 0 Å². The lowest BCUT2D eigenvalue weighted by molar-refractivity contribution is 0.410. The largest absolute Gasteiger partial charge is 0.357 e. The molecule has 6 nitrogen and oxygen atoms in total. The van der Waals surface area contributed by atoms with Gasteiger partial charge in [0.1, 0.15) is 0 Å². The Morgan fingerprint density at radius 1 is 1.25 bits per heavy atom. The van der Waals surface area contributed by atoms with Crippen molar-refractivity contribution >= 4 is 16.0 Å². The van der Waals surface area contributed by atoms with Crippen molar-refractivity contribution in [3.63, 3.8) is 0 Å². The third kappa shape index (κ3) is 8.37. The summed E-state index contributed by atoms with van der Waals surface area (Å²) >= 11 is 0. The van der Waals surface area contributed by atoms with Crippen LogP contribution >= 0.6 is 0 Å². The molecule has 7 heteroatoms. The minimum Gasteiger partial charge on any atom is -0.357 e. The van der Waals surface area contributed by atoms with Gasteiger partial charge in [-0.3, -0.25) is 4.99 Å². The third-order valence-corrected chi connectivity index (χ3v) is 3.99. The molecule has 1 saturated carbocycles. The van der Waals surface area contributed by atoms with Crippen molar-refractivity contribution in [1.29, 1.82) is 0 Å². The molecule has 1 aliphatic carbocycles. The first-order chi connectivity index (χ1) is 9.51. The number of hydrogen-bond donors (Lipinski definition) is 3. The summed E-state index contributed by atoms with van der Waals surface area (Å²) in [7, 11) is -3.09. The van der Waals surface area contributed by atoms with E-state index in [1.165, 1.54) is 38.4 Å². The zero-order chi connectivity index (χ0) is 14.8. The van der Waals surface area contributed by atoms with Crippen molar-refractivity contribution in [3.05, 3.63) is 0 Å². The molecule has 0 atom stereocenters. The number of nitrogens with zero attached hydrogens (tertiary/aromatic N) is 1. The number of guanidine groups is 1. The molecule has 0 aliphatic heterocycles. The second kappa shape index (κ2) is 9.18. The molecule has 3 N–H and O–H groups in total. The molecule has 0 amide bonds. The Balaban J connectivity index is 2.30. The maximum absolute atomic E-state index is 10.9. The predicted molar refractivity (Wildman–Crippen MR) is 83.5 cm³/mol. The minimum atomic E-state index is -3.09. The van der Waals surface area contributed by atoms with Gasteiger partial charge in [-0.2, -0.15) is 0 Å². The monoisotopic (exact) mass is 304 g/mol. The standard InChI is InChI=1S/C13H28N4O2S/c1-3-14-13(17-12-8-5-4-6-9-12)15-10-7-11-16-20(2,18)19/h12,16H,3-11H2,1-2H3,(H2,14,15,17). The molecular weight excluding hydrogens is 276 g/mol. The van der Waals surface area contributed by atoms with E-state index < -0.39 is 10.0 Å². The van der Waals surface area contributed by atoms with Crippen LogP contribution in [0.5, 0.6) is 0 Å². The van der Waals surface area contributed by atoms with Crippen molar-refractivity contribution in [3.8, 4) is 0 Å². The molecule has 0 aromatic rings. The number of nitrogens with one attached hydrogen (secondary N) is 3. The molecule has 1 fully saturated rings. The Kier molecular flexibility index (Phi) is 7.91. The fraction of sp³-hybridized carbons (Fsp3) is 0.923. The van der Waals surface area contributed by atoms with E-state index >= 15 is 0 Å². The van der Waals surface area contributed by atoms with Gasteiger partial charge in [-0.25, -0.2) is 13.1 Å². The predicted octanol–water partition coefficient (Wildman–Crippen LogP) is 0.814. The van der Waals surface area contributed by atoms with E-state index in [0.717, 1.165) is 12.5 Å². The van der Waals surface area contributed by atoms with Crippen LogP contribution in [-0.4, -0.2) is 46.3 Å². The summed E-state index contributed by atoms with van der Waals surface area (Å²) in [5, 5.41) is 6.70. The molecule has 0 aromatic heterocycles. The maximum Gasteiger partial charge on any atom is 0.208 e. The minimum absolute atomic E-state index is 0.436. The first-order valence-electron chi connectivity index (χ1n) is 7.50. The van der Waals surface area contributed by atoms with Crippen LogP contribution in [0.4, 0.5) is 0 Å². The summed E-state index contributed by atoms with van der Waals surface area (Å²) in [6.45, 7) is 3.93. The topological polar surface area (TPSA) is 82.6 Å². The van der Waals surface area contributed by atoms with Gasteiger partial charge in [0, 0.05) is 25.7 Å². The average Bonchev–Trinajstić information content (AvgIpc) is 2.38. The van der Waals surface area contributed by atoms with Crippen LogP contribution in [0.1, 0.15) is 45.4 Å². The van der Waals surface area contributed by atoms with Crippen LogP contribution in [0.25, 0.3) is 0 Å². The molecule has 1 rings (SSSR count). The number of aliphatic imine (C=N–C) groups is 1. The molecule has 0 saturated heterocycles. The van der Waals surface area contributed by atoms with Crippen LogP contribution < -0.4 is 15.4 Å². The molecule has 0 radical (unpaired) electrons. The maximum atomic E-state index is 10.9. The zero-order valence-corrected chi connectivity index (χ0v) is 13.4. The van der Waals surface area contributed by atoms with Crippen LogP contribution in [0.3, 0.4) is 0 Å². The summed E-state index contributed by atoms with van der Waals surface area (Å²) in [4.78, 5) is 4.49. The number of rotatable bonds is 7. The lowest BCUT2D eigenvalue weighted by Gasteiger charge is -2.24. The quantitative estimate of drug-likeness (QED) is 0.369. The Morgan fingerprint density at radius 3 is 2.55 bits per heavy atom. The Morgan fingerprint density at radius 2 is 1.95 bits per heavy atom. The molecule has 0 unspecified atom stereocenters. The molecule has 118 valence electrons. The van der Waals surface area contributed by atoms with Crippen molar-refractivity contribution in [2.45, 2.75) is 51.5 Å². The summed E-state index contributed by atoms with van der Waals surface area (Å²) in [5.41, 5.74) is 0. The van der Waals surface area contributed by atoms with Gasteiger partial charge in [0.05, 0.1) is 6.26 Å². The van der Waals surface area contributed by atoms with Crippen LogP contribution in [0, 0.1) is 0 Å². The number of sulfonamides is 1. The van der Waals surface area contributed by atoms with Crippen molar-refractivity contribution < 1.29 is 8.42 Å². The second-order valence-corrected chi connectivity index (χ2v) is 7.09. The van der Waals surface area contributed by atoms with Gasteiger partial charge in [0.15, 0.2) is 5.96 Å². The lowest BCUT2D eigenvalue weighted by Crippen LogP contribution is -2.44. The lowest BCUT2D eigenvalue weighted by atomic mass is 9.96. The van der Waals surface area contributed by atoms with Gasteiger partial charge in [-0.1, -0.05) is 19.3 Å². The van der Waals surface area contributed by atoms with Crippen LogP contribution in [0.2, 0.25) is 0 Å². The Labute approximate surface area is 122 Å². The van der Waals surface area contributed by atoms with Gasteiger partial charge >= 0.3 is 0 Å². The molecule has 1 aliphatic rings. The Hall–Kier alpha value is -0.820. The van der Waals surface area contributed by atoms with Crippen molar-refractivity contribution in [1.82, 2.24) is 15.4 Å². The number of hydrogen-bond acceptors (Lipinski definition) is 3. The second-order valence-electron chi connectivity index (χ2n) is 5.26. The molecule has 20 heavy (non-hydrogen) atoms. The van der Waals surface area contributed by atoms with Crippen LogP contribution in [0.15, 0.2) is 4.99 Å². The third-order valence-electron chi connectivity index (χ3n) is 3.26. The summed E-state index contributed by atoms with van der Waals surface area (Å²) in [6.07, 6.45) is 8.20. The van der Waals surface area contributed by atoms with Gasteiger partial charge in [0.2, 0.25) is 10.0 Å². The van der Waals surface area contributed by atoms with E-state index in [0.29, 0.717) is 25.6 Å². The van der Waals surface area contributed by atoms with Gasteiger partial charge in [-0.15, -0.1) is 0 Å². The zero-order valence-electron chi connectivity index (χ0n) is 12.6. The SMILES string of the molecule is CCNC(=NCCCNS(C)(=O)=O)NC1CCCCC1. The fourth-order valence-corrected chi connectivity index (χ4v) is 2.80. The first-order valence-corrected chi connectivity index (χ1v) is 9.40. The molecular formula is C13H28N4O2S. The highest BCUT2D eigenvalue weighted by Gasteiger charge is 2.14. The van der Waals surface area contributed by atoms with E-state index in [2.05, 4.69) is 20.3 Å². The Bertz CT molecular complexity index is 389. The van der Waals surface area contributed by atoms with E-state index in [1.54, 1.807) is 0 Å². The normalized spacial score (nSPS) is 18.0. The summed E-state index contributed by atoms with van der Waals surface area (Å²) in [5.74, 6) is 0.846. The summed E-state index contributed by atoms with van der Waals surface area (Å²) < 4.78 is 24.3. The molecule has 0 bridgehead atoms. The first kappa shape index (κ1) is 17.2. The van der Waals surface area contributed by atoms with E-state index in [4.69, 9.17) is 0 Å². The highest BCUT2D eigenvalue weighted by molar-refractivity contribution is 7.88. The van der Waals surface area contributed by atoms with Gasteiger partial charge in [-0.05, 0) is 26.2 Å².